The monoisotopic (exact) mass is 417 g/mol. The highest BCUT2D eigenvalue weighted by atomic mass is 35.5. The molecule has 1 heterocycles. The molecule has 0 bridgehead atoms. The fraction of sp³-hybridized carbons (Fsp3) is 0.105. The minimum atomic E-state index is -0.239. The van der Waals surface area contributed by atoms with Gasteiger partial charge in [-0.1, -0.05) is 23.7 Å². The number of aryl methyl sites for hydroxylation is 1. The molecule has 0 atom stereocenters. The van der Waals surface area contributed by atoms with Crippen LogP contribution in [0.2, 0.25) is 5.02 Å². The molecule has 138 valence electrons. The molecular weight excluding hydrogens is 402 g/mol. The van der Waals surface area contributed by atoms with E-state index < -0.39 is 0 Å². The molecule has 0 fully saturated rings. The van der Waals surface area contributed by atoms with Crippen molar-refractivity contribution >= 4 is 57.3 Å². The molecular formula is C19H16ClN3O2S2. The van der Waals surface area contributed by atoms with Crippen molar-refractivity contribution < 1.29 is 9.59 Å². The van der Waals surface area contributed by atoms with Gasteiger partial charge in [-0.15, -0.1) is 23.1 Å². The van der Waals surface area contributed by atoms with E-state index >= 15 is 0 Å². The van der Waals surface area contributed by atoms with Gasteiger partial charge in [0.2, 0.25) is 5.91 Å². The Bertz CT molecular complexity index is 975. The second kappa shape index (κ2) is 9.03. The van der Waals surface area contributed by atoms with E-state index in [9.17, 15) is 9.59 Å². The number of nitrogens with zero attached hydrogens (tertiary/aromatic N) is 1. The lowest BCUT2D eigenvalue weighted by atomic mass is 10.2. The number of hydrogen-bond donors (Lipinski definition) is 2. The minimum absolute atomic E-state index is 0.122. The van der Waals surface area contributed by atoms with Gasteiger partial charge in [0.1, 0.15) is 0 Å². The molecule has 0 aliphatic carbocycles. The summed E-state index contributed by atoms with van der Waals surface area (Å²) in [6.45, 7) is 1.88. The number of anilines is 2. The van der Waals surface area contributed by atoms with E-state index in [-0.39, 0.29) is 17.6 Å². The lowest BCUT2D eigenvalue weighted by Crippen LogP contribution is -2.14. The highest BCUT2D eigenvalue weighted by Gasteiger charge is 2.09. The third kappa shape index (κ3) is 5.82. The summed E-state index contributed by atoms with van der Waals surface area (Å²) in [5, 5.41) is 8.60. The number of thiazole rings is 1. The molecule has 27 heavy (non-hydrogen) atoms. The smallest absolute Gasteiger partial charge is 0.255 e. The molecule has 0 saturated heterocycles. The first-order chi connectivity index (χ1) is 13.0. The molecule has 0 radical (unpaired) electrons. The zero-order chi connectivity index (χ0) is 19.2. The molecule has 2 aromatic carbocycles. The average molecular weight is 418 g/mol. The maximum absolute atomic E-state index is 12.3. The maximum atomic E-state index is 12.3. The largest absolute Gasteiger partial charge is 0.322 e. The van der Waals surface area contributed by atoms with Gasteiger partial charge in [-0.3, -0.25) is 9.59 Å². The SMILES string of the molecule is Cc1csc(NC(=O)CSc2cccc(NC(=O)c3cccc(Cl)c3)c2)n1. The van der Waals surface area contributed by atoms with Gasteiger partial charge in [-0.25, -0.2) is 4.98 Å². The normalized spacial score (nSPS) is 10.4. The van der Waals surface area contributed by atoms with Crippen LogP contribution in [0.25, 0.3) is 0 Å². The van der Waals surface area contributed by atoms with Crippen molar-refractivity contribution in [3.05, 3.63) is 70.2 Å². The number of nitrogens with one attached hydrogen (secondary N) is 2. The Morgan fingerprint density at radius 1 is 1.15 bits per heavy atom. The number of halogens is 1. The Morgan fingerprint density at radius 2 is 1.96 bits per heavy atom. The van der Waals surface area contributed by atoms with Crippen molar-refractivity contribution in [3.8, 4) is 0 Å². The molecule has 5 nitrogen and oxygen atoms in total. The van der Waals surface area contributed by atoms with Crippen LogP contribution in [0.15, 0.2) is 58.8 Å². The quantitative estimate of drug-likeness (QED) is 0.548. The molecule has 2 amide bonds. The van der Waals surface area contributed by atoms with E-state index in [2.05, 4.69) is 15.6 Å². The molecule has 8 heteroatoms. The number of aromatic nitrogens is 1. The molecule has 3 aromatic rings. The summed E-state index contributed by atoms with van der Waals surface area (Å²) in [7, 11) is 0. The second-order valence-electron chi connectivity index (χ2n) is 5.62. The number of hydrogen-bond acceptors (Lipinski definition) is 5. The van der Waals surface area contributed by atoms with Gasteiger partial charge < -0.3 is 10.6 Å². The molecule has 1 aromatic heterocycles. The lowest BCUT2D eigenvalue weighted by Gasteiger charge is -2.08. The maximum Gasteiger partial charge on any atom is 0.255 e. The highest BCUT2D eigenvalue weighted by Crippen LogP contribution is 2.23. The zero-order valence-corrected chi connectivity index (χ0v) is 16.8. The summed E-state index contributed by atoms with van der Waals surface area (Å²) in [6.07, 6.45) is 0. The summed E-state index contributed by atoms with van der Waals surface area (Å²) < 4.78 is 0. The fourth-order valence-corrected chi connectivity index (χ4v) is 3.86. The van der Waals surface area contributed by atoms with Gasteiger partial charge in [-0.05, 0) is 43.3 Å². The van der Waals surface area contributed by atoms with Gasteiger partial charge in [0.25, 0.3) is 5.91 Å². The summed E-state index contributed by atoms with van der Waals surface area (Å²) in [5.41, 5.74) is 2.02. The molecule has 3 rings (SSSR count). The number of benzene rings is 2. The molecule has 0 unspecified atom stereocenters. The van der Waals surface area contributed by atoms with Crippen LogP contribution >= 0.6 is 34.7 Å². The van der Waals surface area contributed by atoms with Crippen molar-refractivity contribution in [2.45, 2.75) is 11.8 Å². The molecule has 2 N–H and O–H groups in total. The van der Waals surface area contributed by atoms with Crippen LogP contribution in [0.5, 0.6) is 0 Å². The number of carbonyl (C=O) groups excluding carboxylic acids is 2. The molecule has 0 aliphatic heterocycles. The van der Waals surface area contributed by atoms with Gasteiger partial charge in [-0.2, -0.15) is 0 Å². The Kier molecular flexibility index (Phi) is 6.49. The number of amides is 2. The standard InChI is InChI=1S/C19H16ClN3O2S2/c1-12-10-27-19(21-12)23-17(24)11-26-16-7-3-6-15(9-16)22-18(25)13-4-2-5-14(20)8-13/h2-10H,11H2,1H3,(H,22,25)(H,21,23,24). The molecule has 0 aliphatic rings. The van der Waals surface area contributed by atoms with Gasteiger partial charge in [0, 0.05) is 26.5 Å². The van der Waals surface area contributed by atoms with Crippen molar-refractivity contribution in [1.29, 1.82) is 0 Å². The summed E-state index contributed by atoms with van der Waals surface area (Å²) >= 11 is 8.71. The van der Waals surface area contributed by atoms with Crippen LogP contribution in [-0.4, -0.2) is 22.6 Å². The van der Waals surface area contributed by atoms with Crippen molar-refractivity contribution in [1.82, 2.24) is 4.98 Å². The van der Waals surface area contributed by atoms with Crippen molar-refractivity contribution in [3.63, 3.8) is 0 Å². The van der Waals surface area contributed by atoms with E-state index in [1.807, 2.05) is 30.5 Å². The predicted octanol–water partition coefficient (Wildman–Crippen LogP) is 5.09. The van der Waals surface area contributed by atoms with Crippen LogP contribution in [0.4, 0.5) is 10.8 Å². The Labute approximate surface area is 170 Å². The fourth-order valence-electron chi connectivity index (χ4n) is 2.21. The Morgan fingerprint density at radius 3 is 2.70 bits per heavy atom. The van der Waals surface area contributed by atoms with Crippen LogP contribution in [-0.2, 0) is 4.79 Å². The van der Waals surface area contributed by atoms with E-state index in [1.165, 1.54) is 23.1 Å². The van der Waals surface area contributed by atoms with E-state index in [0.29, 0.717) is 21.4 Å². The molecule has 0 spiro atoms. The zero-order valence-electron chi connectivity index (χ0n) is 14.4. The van der Waals surface area contributed by atoms with Crippen LogP contribution in [0.1, 0.15) is 16.1 Å². The summed E-state index contributed by atoms with van der Waals surface area (Å²) in [5.74, 6) is -0.108. The number of rotatable bonds is 6. The minimum Gasteiger partial charge on any atom is -0.322 e. The second-order valence-corrected chi connectivity index (χ2v) is 7.97. The number of thioether (sulfide) groups is 1. The van der Waals surface area contributed by atoms with Gasteiger partial charge >= 0.3 is 0 Å². The molecule has 0 saturated carbocycles. The highest BCUT2D eigenvalue weighted by molar-refractivity contribution is 8.00. The first kappa shape index (κ1) is 19.4. The lowest BCUT2D eigenvalue weighted by molar-refractivity contribution is -0.113. The van der Waals surface area contributed by atoms with E-state index in [4.69, 9.17) is 11.6 Å². The third-order valence-electron chi connectivity index (χ3n) is 3.41. The third-order valence-corrected chi connectivity index (χ3v) is 5.52. The summed E-state index contributed by atoms with van der Waals surface area (Å²) in [4.78, 5) is 29.4. The van der Waals surface area contributed by atoms with Crippen molar-refractivity contribution in [2.75, 3.05) is 16.4 Å². The van der Waals surface area contributed by atoms with Crippen LogP contribution in [0, 0.1) is 6.92 Å². The predicted molar refractivity (Wildman–Crippen MR) is 112 cm³/mol. The van der Waals surface area contributed by atoms with Gasteiger partial charge in [0.15, 0.2) is 5.13 Å². The number of carbonyl (C=O) groups is 2. The topological polar surface area (TPSA) is 71.1 Å². The Hall–Kier alpha value is -2.35. The van der Waals surface area contributed by atoms with Crippen LogP contribution < -0.4 is 10.6 Å². The Balaban J connectivity index is 1.57. The first-order valence-corrected chi connectivity index (χ1v) is 10.3. The van der Waals surface area contributed by atoms with E-state index in [1.54, 1.807) is 30.3 Å². The van der Waals surface area contributed by atoms with Crippen LogP contribution in [0.3, 0.4) is 0 Å². The van der Waals surface area contributed by atoms with E-state index in [0.717, 1.165) is 10.6 Å². The average Bonchev–Trinajstić information content (AvgIpc) is 3.05. The van der Waals surface area contributed by atoms with Gasteiger partial charge in [0.05, 0.1) is 11.4 Å². The van der Waals surface area contributed by atoms with Crippen molar-refractivity contribution in [2.24, 2.45) is 0 Å². The first-order valence-electron chi connectivity index (χ1n) is 8.01. The summed E-state index contributed by atoms with van der Waals surface area (Å²) in [6, 6.07) is 14.1.